The van der Waals surface area contributed by atoms with Gasteiger partial charge in [-0.3, -0.25) is 14.2 Å². The highest BCUT2D eigenvalue weighted by Gasteiger charge is 2.14. The van der Waals surface area contributed by atoms with Crippen LogP contribution in [0.2, 0.25) is 0 Å². The summed E-state index contributed by atoms with van der Waals surface area (Å²) in [5.41, 5.74) is 1.73. The summed E-state index contributed by atoms with van der Waals surface area (Å²) in [6.45, 7) is 1.47. The van der Waals surface area contributed by atoms with Crippen molar-refractivity contribution in [3.05, 3.63) is 52.7 Å². The Morgan fingerprint density at radius 3 is 2.58 bits per heavy atom. The number of hydrogen-bond donors (Lipinski definition) is 1. The molecule has 0 radical (unpaired) electrons. The van der Waals surface area contributed by atoms with Crippen molar-refractivity contribution in [3.8, 4) is 11.4 Å². The third-order valence-electron chi connectivity index (χ3n) is 3.36. The molecule has 24 heavy (non-hydrogen) atoms. The summed E-state index contributed by atoms with van der Waals surface area (Å²) >= 11 is 1.25. The number of benzene rings is 1. The molecular formula is C16H14N4O3S. The fraction of sp³-hybridized carbons (Fsp3) is 0.125. The minimum atomic E-state index is -0.307. The monoisotopic (exact) mass is 342 g/mol. The third-order valence-corrected chi connectivity index (χ3v) is 4.39. The highest BCUT2D eigenvalue weighted by atomic mass is 32.1. The largest absolute Gasteiger partial charge is 0.495 e. The molecule has 122 valence electrons. The fourth-order valence-corrected chi connectivity index (χ4v) is 2.91. The van der Waals surface area contributed by atoms with Crippen molar-refractivity contribution >= 4 is 28.7 Å². The fourth-order valence-electron chi connectivity index (χ4n) is 2.12. The van der Waals surface area contributed by atoms with E-state index < -0.39 is 0 Å². The van der Waals surface area contributed by atoms with Crippen molar-refractivity contribution in [2.75, 3.05) is 12.4 Å². The Morgan fingerprint density at radius 2 is 1.96 bits per heavy atom. The smallest absolute Gasteiger partial charge is 0.256 e. The molecule has 2 aromatic heterocycles. The van der Waals surface area contributed by atoms with E-state index in [-0.39, 0.29) is 11.7 Å². The van der Waals surface area contributed by atoms with E-state index in [4.69, 9.17) is 4.74 Å². The van der Waals surface area contributed by atoms with Crippen LogP contribution in [0.1, 0.15) is 27.0 Å². The summed E-state index contributed by atoms with van der Waals surface area (Å²) < 4.78 is 7.01. The van der Waals surface area contributed by atoms with Gasteiger partial charge in [0.15, 0.2) is 5.78 Å². The highest BCUT2D eigenvalue weighted by Crippen LogP contribution is 2.28. The highest BCUT2D eigenvalue weighted by molar-refractivity contribution is 7.12. The second-order valence-electron chi connectivity index (χ2n) is 4.96. The van der Waals surface area contributed by atoms with Crippen LogP contribution in [0.15, 0.2) is 42.3 Å². The molecule has 0 saturated heterocycles. The first kappa shape index (κ1) is 15.9. The van der Waals surface area contributed by atoms with Crippen LogP contribution in [0.25, 0.3) is 5.69 Å². The van der Waals surface area contributed by atoms with Gasteiger partial charge in [0.25, 0.3) is 5.91 Å². The van der Waals surface area contributed by atoms with Gasteiger partial charge in [-0.1, -0.05) is 0 Å². The maximum Gasteiger partial charge on any atom is 0.256 e. The Bertz CT molecular complexity index is 887. The van der Waals surface area contributed by atoms with Crippen molar-refractivity contribution < 1.29 is 14.3 Å². The topological polar surface area (TPSA) is 86.1 Å². The van der Waals surface area contributed by atoms with Crippen molar-refractivity contribution in [3.63, 3.8) is 0 Å². The van der Waals surface area contributed by atoms with Gasteiger partial charge in [0.1, 0.15) is 18.4 Å². The number of carbonyl (C=O) groups excluding carboxylic acids is 2. The molecule has 0 aliphatic heterocycles. The lowest BCUT2D eigenvalue weighted by Gasteiger charge is -2.12. The first-order chi connectivity index (χ1) is 11.6. The van der Waals surface area contributed by atoms with Crippen LogP contribution in [0.3, 0.4) is 0 Å². The van der Waals surface area contributed by atoms with E-state index in [0.29, 0.717) is 21.9 Å². The molecular weight excluding hydrogens is 328 g/mol. The number of nitrogens with one attached hydrogen (secondary N) is 1. The van der Waals surface area contributed by atoms with E-state index in [2.05, 4.69) is 15.5 Å². The second-order valence-corrected chi connectivity index (χ2v) is 5.87. The lowest BCUT2D eigenvalue weighted by Crippen LogP contribution is -2.12. The van der Waals surface area contributed by atoms with Gasteiger partial charge < -0.3 is 10.1 Å². The molecule has 0 atom stereocenters. The van der Waals surface area contributed by atoms with Gasteiger partial charge in [-0.25, -0.2) is 0 Å². The Hall–Kier alpha value is -3.00. The maximum absolute atomic E-state index is 12.4. The summed E-state index contributed by atoms with van der Waals surface area (Å²) in [6, 6.07) is 6.92. The molecule has 3 rings (SSSR count). The SMILES string of the molecule is COc1ccc(-n2cnnc2)cc1NC(=O)c1csc(C(C)=O)c1. The number of amides is 1. The molecule has 1 amide bonds. The van der Waals surface area contributed by atoms with Gasteiger partial charge in [-0.05, 0) is 31.2 Å². The number of ketones is 1. The lowest BCUT2D eigenvalue weighted by molar-refractivity contribution is 0.102. The molecule has 0 spiro atoms. The number of ether oxygens (including phenoxy) is 1. The van der Waals surface area contributed by atoms with Crippen molar-refractivity contribution in [2.45, 2.75) is 6.92 Å². The summed E-state index contributed by atoms with van der Waals surface area (Å²) in [5, 5.41) is 12.0. The van der Waals surface area contributed by atoms with Gasteiger partial charge in [0.2, 0.25) is 0 Å². The van der Waals surface area contributed by atoms with Crippen molar-refractivity contribution in [1.29, 1.82) is 0 Å². The average molecular weight is 342 g/mol. The molecule has 2 heterocycles. The van der Waals surface area contributed by atoms with E-state index in [1.54, 1.807) is 40.8 Å². The first-order valence-corrected chi connectivity index (χ1v) is 7.90. The zero-order valence-electron chi connectivity index (χ0n) is 13.0. The molecule has 7 nitrogen and oxygen atoms in total. The zero-order valence-corrected chi connectivity index (χ0v) is 13.8. The first-order valence-electron chi connectivity index (χ1n) is 7.02. The van der Waals surface area contributed by atoms with E-state index in [0.717, 1.165) is 5.69 Å². The summed E-state index contributed by atoms with van der Waals surface area (Å²) in [7, 11) is 1.53. The third kappa shape index (κ3) is 3.18. The van der Waals surface area contributed by atoms with Crippen molar-refractivity contribution in [1.82, 2.24) is 14.8 Å². The molecule has 1 aromatic carbocycles. The number of hydrogen-bond acceptors (Lipinski definition) is 6. The quantitative estimate of drug-likeness (QED) is 0.721. The Labute approximate surface area is 141 Å². The number of anilines is 1. The van der Waals surface area contributed by atoms with Crippen LogP contribution in [-0.2, 0) is 0 Å². The maximum atomic E-state index is 12.4. The summed E-state index contributed by atoms with van der Waals surface area (Å²) in [6.07, 6.45) is 3.12. The normalized spacial score (nSPS) is 10.4. The minimum Gasteiger partial charge on any atom is -0.495 e. The van der Waals surface area contributed by atoms with Gasteiger partial charge in [-0.15, -0.1) is 21.5 Å². The Kier molecular flexibility index (Phi) is 4.39. The van der Waals surface area contributed by atoms with Crippen molar-refractivity contribution in [2.24, 2.45) is 0 Å². The number of Topliss-reactive ketones (excluding diaryl/α,β-unsaturated/α-hetero) is 1. The lowest BCUT2D eigenvalue weighted by atomic mass is 10.2. The molecule has 0 aliphatic carbocycles. The molecule has 0 bridgehead atoms. The molecule has 0 unspecified atom stereocenters. The molecule has 3 aromatic rings. The van der Waals surface area contributed by atoms with Crippen LogP contribution >= 0.6 is 11.3 Å². The predicted molar refractivity (Wildman–Crippen MR) is 90.2 cm³/mol. The predicted octanol–water partition coefficient (Wildman–Crippen LogP) is 2.79. The van der Waals surface area contributed by atoms with E-state index in [1.807, 2.05) is 6.07 Å². The van der Waals surface area contributed by atoms with Gasteiger partial charge in [-0.2, -0.15) is 0 Å². The Morgan fingerprint density at radius 1 is 1.21 bits per heavy atom. The van der Waals surface area contributed by atoms with E-state index in [9.17, 15) is 9.59 Å². The van der Waals surface area contributed by atoms with E-state index in [1.165, 1.54) is 25.4 Å². The van der Waals surface area contributed by atoms with Crippen LogP contribution in [0, 0.1) is 0 Å². The van der Waals surface area contributed by atoms with Crippen LogP contribution < -0.4 is 10.1 Å². The van der Waals surface area contributed by atoms with Crippen LogP contribution in [-0.4, -0.2) is 33.6 Å². The van der Waals surface area contributed by atoms with Gasteiger partial charge in [0, 0.05) is 5.38 Å². The van der Waals surface area contributed by atoms with Crippen LogP contribution in [0.5, 0.6) is 5.75 Å². The number of rotatable bonds is 5. The average Bonchev–Trinajstić information content (AvgIpc) is 3.26. The molecule has 0 aliphatic rings. The number of carbonyl (C=O) groups is 2. The second kappa shape index (κ2) is 6.63. The zero-order chi connectivity index (χ0) is 17.1. The minimum absolute atomic E-state index is 0.0637. The summed E-state index contributed by atoms with van der Waals surface area (Å²) in [5.74, 6) is 0.159. The van der Waals surface area contributed by atoms with E-state index >= 15 is 0 Å². The van der Waals surface area contributed by atoms with Crippen LogP contribution in [0.4, 0.5) is 5.69 Å². The number of thiophene rings is 1. The molecule has 0 saturated carbocycles. The Balaban J connectivity index is 1.88. The summed E-state index contributed by atoms with van der Waals surface area (Å²) in [4.78, 5) is 24.3. The molecule has 8 heteroatoms. The number of nitrogens with zero attached hydrogens (tertiary/aromatic N) is 3. The molecule has 0 fully saturated rings. The number of aromatic nitrogens is 3. The molecule has 1 N–H and O–H groups in total. The van der Waals surface area contributed by atoms with Gasteiger partial charge >= 0.3 is 0 Å². The standard InChI is InChI=1S/C16H14N4O3S/c1-10(21)15-5-11(7-24-15)16(22)19-13-6-12(3-4-14(13)23-2)20-8-17-18-9-20/h3-9H,1-2H3,(H,19,22). The number of methoxy groups -OCH3 is 1. The van der Waals surface area contributed by atoms with Gasteiger partial charge in [0.05, 0.1) is 28.9 Å².